The maximum Gasteiger partial charge on any atom is 0.312 e. The Morgan fingerprint density at radius 2 is 1.91 bits per heavy atom. The largest absolute Gasteiger partial charge is 0.501 e. The number of rotatable bonds is 6. The predicted octanol–water partition coefficient (Wildman–Crippen LogP) is 1.75. The van der Waals surface area contributed by atoms with Crippen LogP contribution in [0.2, 0.25) is 0 Å². The fourth-order valence-corrected chi connectivity index (χ4v) is 6.14. The average molecular weight is 594 g/mol. The molecule has 3 aromatic rings. The molecule has 2 aromatic heterocycles. The molecular formula is C30H36FN7O5. The summed E-state index contributed by atoms with van der Waals surface area (Å²) in [5.74, 6) is -3.31. The van der Waals surface area contributed by atoms with Crippen LogP contribution in [0.4, 0.5) is 4.39 Å². The first-order chi connectivity index (χ1) is 20.4. The molecule has 13 heteroatoms. The Morgan fingerprint density at radius 3 is 2.58 bits per heavy atom. The second-order valence-electron chi connectivity index (χ2n) is 11.7. The van der Waals surface area contributed by atoms with Crippen molar-refractivity contribution in [1.82, 2.24) is 34.4 Å². The Morgan fingerprint density at radius 1 is 1.16 bits per heavy atom. The SMILES string of the molecule is Cc1cc(CNC(=O)c2nc3n(c(=O)c2O)CC2CCC3C(N(C)C(=O)C(=O)N(C)Cc3cnn(C)c3C)C2)ccc1F. The van der Waals surface area contributed by atoms with Crippen LogP contribution in [0.1, 0.15) is 63.9 Å². The van der Waals surface area contributed by atoms with Crippen molar-refractivity contribution in [2.24, 2.45) is 13.0 Å². The number of aromatic nitrogens is 4. The molecule has 3 unspecified atom stereocenters. The summed E-state index contributed by atoms with van der Waals surface area (Å²) in [6, 6.07) is 4.00. The number of fused-ring (bicyclic) bond motifs is 2. The number of hydrogen-bond donors (Lipinski definition) is 2. The van der Waals surface area contributed by atoms with Crippen molar-refractivity contribution in [2.75, 3.05) is 14.1 Å². The van der Waals surface area contributed by atoms with E-state index >= 15 is 0 Å². The van der Waals surface area contributed by atoms with E-state index in [4.69, 9.17) is 0 Å². The first kappa shape index (κ1) is 29.9. The van der Waals surface area contributed by atoms with Gasteiger partial charge in [0.2, 0.25) is 5.75 Å². The van der Waals surface area contributed by atoms with E-state index < -0.39 is 46.7 Å². The van der Waals surface area contributed by atoms with Gasteiger partial charge in [0.25, 0.3) is 11.5 Å². The van der Waals surface area contributed by atoms with Gasteiger partial charge in [-0.2, -0.15) is 5.10 Å². The van der Waals surface area contributed by atoms with Crippen LogP contribution in [-0.2, 0) is 36.3 Å². The molecule has 2 aliphatic heterocycles. The third-order valence-electron chi connectivity index (χ3n) is 8.85. The molecule has 1 aliphatic carbocycles. The lowest BCUT2D eigenvalue weighted by Gasteiger charge is -2.38. The topological polar surface area (TPSA) is 143 Å². The summed E-state index contributed by atoms with van der Waals surface area (Å²) in [6.07, 6.45) is 3.58. The standard InChI is InChI=1S/C30H36FN7O5/c1-16-10-18(7-9-22(16)31)12-32-27(40)24-25(39)28(41)38-14-19-6-8-21(26(38)34-24)23(11-19)36(4)30(43)29(42)35(3)15-20-13-33-37(5)17(20)2/h7,9-10,13,19,21,23,39H,6,8,11-12,14-15H2,1-5H3,(H,32,40). The van der Waals surface area contributed by atoms with Crippen LogP contribution in [0.15, 0.2) is 29.2 Å². The summed E-state index contributed by atoms with van der Waals surface area (Å²) in [5, 5.41) is 17.5. The van der Waals surface area contributed by atoms with Crippen LogP contribution in [-0.4, -0.2) is 72.1 Å². The summed E-state index contributed by atoms with van der Waals surface area (Å²) >= 11 is 0. The minimum atomic E-state index is -0.749. The minimum absolute atomic E-state index is 0.0175. The van der Waals surface area contributed by atoms with E-state index in [9.17, 15) is 28.7 Å². The number of benzene rings is 1. The lowest BCUT2D eigenvalue weighted by Crippen LogP contribution is -2.49. The molecule has 228 valence electrons. The van der Waals surface area contributed by atoms with E-state index in [2.05, 4.69) is 15.4 Å². The lowest BCUT2D eigenvalue weighted by atomic mass is 9.78. The summed E-state index contributed by atoms with van der Waals surface area (Å²) < 4.78 is 16.7. The fourth-order valence-electron chi connectivity index (χ4n) is 6.14. The van der Waals surface area contributed by atoms with Crippen LogP contribution in [0.3, 0.4) is 0 Å². The zero-order valence-electron chi connectivity index (χ0n) is 24.9. The maximum absolute atomic E-state index is 13.6. The first-order valence-electron chi connectivity index (χ1n) is 14.2. The average Bonchev–Trinajstić information content (AvgIpc) is 3.14. The molecule has 1 aromatic carbocycles. The van der Waals surface area contributed by atoms with E-state index in [-0.39, 0.29) is 31.4 Å². The van der Waals surface area contributed by atoms with Gasteiger partial charge in [0, 0.05) is 64.0 Å². The van der Waals surface area contributed by atoms with Gasteiger partial charge >= 0.3 is 11.8 Å². The number of nitrogens with one attached hydrogen (secondary N) is 1. The molecule has 2 N–H and O–H groups in total. The number of carbonyl (C=O) groups is 3. The third kappa shape index (κ3) is 5.63. The van der Waals surface area contributed by atoms with E-state index in [1.807, 2.05) is 6.92 Å². The highest BCUT2D eigenvalue weighted by Gasteiger charge is 2.43. The predicted molar refractivity (Wildman–Crippen MR) is 154 cm³/mol. The summed E-state index contributed by atoms with van der Waals surface area (Å²) in [4.78, 5) is 60.3. The number of carbonyl (C=O) groups excluding carboxylic acids is 3. The zero-order valence-corrected chi connectivity index (χ0v) is 24.9. The van der Waals surface area contributed by atoms with Crippen LogP contribution in [0, 0.1) is 25.6 Å². The fraction of sp³-hybridized carbons (Fsp3) is 0.467. The number of aryl methyl sites for hydroxylation is 2. The summed E-state index contributed by atoms with van der Waals surface area (Å²) in [5.41, 5.74) is 1.67. The number of likely N-dealkylation sites (N-methyl/N-ethyl adjacent to an activating group) is 2. The molecule has 3 aliphatic rings. The van der Waals surface area contributed by atoms with E-state index in [1.165, 1.54) is 26.5 Å². The Bertz CT molecular complexity index is 1660. The molecule has 12 nitrogen and oxygen atoms in total. The molecule has 1 fully saturated rings. The Labute approximate surface area is 248 Å². The molecule has 0 saturated heterocycles. The lowest BCUT2D eigenvalue weighted by molar-refractivity contribution is -0.152. The normalized spacial score (nSPS) is 19.0. The van der Waals surface area contributed by atoms with Crippen molar-refractivity contribution in [3.05, 3.63) is 74.5 Å². The first-order valence-corrected chi connectivity index (χ1v) is 14.2. The van der Waals surface area contributed by atoms with Crippen molar-refractivity contribution in [1.29, 1.82) is 0 Å². The molecule has 3 atom stereocenters. The number of aromatic hydroxyl groups is 1. The summed E-state index contributed by atoms with van der Waals surface area (Å²) in [6.45, 7) is 4.05. The van der Waals surface area contributed by atoms with Gasteiger partial charge in [-0.3, -0.25) is 28.4 Å². The second-order valence-corrected chi connectivity index (χ2v) is 11.7. The van der Waals surface area contributed by atoms with Crippen molar-refractivity contribution in [2.45, 2.75) is 64.7 Å². The highest BCUT2D eigenvalue weighted by atomic mass is 19.1. The van der Waals surface area contributed by atoms with Crippen LogP contribution < -0.4 is 10.9 Å². The maximum atomic E-state index is 13.6. The zero-order chi connectivity index (χ0) is 31.2. The Kier molecular flexibility index (Phi) is 8.08. The van der Waals surface area contributed by atoms with Gasteiger partial charge in [0.1, 0.15) is 11.6 Å². The molecule has 3 amide bonds. The number of nitrogens with zero attached hydrogens (tertiary/aromatic N) is 6. The quantitative estimate of drug-likeness (QED) is 0.415. The van der Waals surface area contributed by atoms with Crippen molar-refractivity contribution < 1.29 is 23.9 Å². The van der Waals surface area contributed by atoms with Gasteiger partial charge in [-0.25, -0.2) is 9.37 Å². The van der Waals surface area contributed by atoms with E-state index in [0.717, 1.165) is 17.7 Å². The molecule has 4 heterocycles. The van der Waals surface area contributed by atoms with E-state index in [1.54, 1.807) is 45.0 Å². The molecular weight excluding hydrogens is 557 g/mol. The minimum Gasteiger partial charge on any atom is -0.501 e. The van der Waals surface area contributed by atoms with Gasteiger partial charge in [-0.1, -0.05) is 12.1 Å². The monoisotopic (exact) mass is 593 g/mol. The highest BCUT2D eigenvalue weighted by molar-refractivity contribution is 6.34. The molecule has 6 rings (SSSR count). The van der Waals surface area contributed by atoms with Crippen LogP contribution in [0.25, 0.3) is 0 Å². The van der Waals surface area contributed by atoms with Gasteiger partial charge in [0.15, 0.2) is 5.69 Å². The molecule has 2 bridgehead atoms. The van der Waals surface area contributed by atoms with Crippen molar-refractivity contribution in [3.63, 3.8) is 0 Å². The van der Waals surface area contributed by atoms with Crippen molar-refractivity contribution >= 4 is 17.7 Å². The molecule has 0 spiro atoms. The second kappa shape index (κ2) is 11.6. The Hall–Kier alpha value is -4.55. The smallest absolute Gasteiger partial charge is 0.312 e. The highest BCUT2D eigenvalue weighted by Crippen LogP contribution is 2.42. The van der Waals surface area contributed by atoms with Crippen LogP contribution >= 0.6 is 0 Å². The molecule has 43 heavy (non-hydrogen) atoms. The number of hydrogen-bond acceptors (Lipinski definition) is 7. The Balaban J connectivity index is 1.37. The molecule has 0 radical (unpaired) electrons. The summed E-state index contributed by atoms with van der Waals surface area (Å²) in [7, 11) is 4.95. The van der Waals surface area contributed by atoms with Crippen LogP contribution in [0.5, 0.6) is 5.75 Å². The molecule has 1 saturated carbocycles. The number of halogens is 1. The number of amides is 3. The van der Waals surface area contributed by atoms with Gasteiger partial charge in [0.05, 0.1) is 6.20 Å². The van der Waals surface area contributed by atoms with Gasteiger partial charge in [-0.05, 0) is 56.2 Å². The van der Waals surface area contributed by atoms with Crippen molar-refractivity contribution in [3.8, 4) is 5.75 Å². The third-order valence-corrected chi connectivity index (χ3v) is 8.85. The van der Waals surface area contributed by atoms with Gasteiger partial charge < -0.3 is 20.2 Å². The van der Waals surface area contributed by atoms with E-state index in [0.29, 0.717) is 29.8 Å². The van der Waals surface area contributed by atoms with Gasteiger partial charge in [-0.15, -0.1) is 0 Å².